The zero-order chi connectivity index (χ0) is 27.4. The molecule has 2 saturated heterocycles. The van der Waals surface area contributed by atoms with Crippen LogP contribution in [-0.4, -0.2) is 91.4 Å². The fourth-order valence-corrected chi connectivity index (χ4v) is 9.62. The number of nitrogens with zero attached hydrogens (tertiary/aromatic N) is 3. The highest BCUT2D eigenvalue weighted by atomic mass is 32.2. The largest absolute Gasteiger partial charge is 0.396 e. The number of likely N-dealkylation sites (tertiary alicyclic amines) is 1. The van der Waals surface area contributed by atoms with Crippen molar-refractivity contribution in [2.45, 2.75) is 88.8 Å². The molecule has 1 N–H and O–H groups in total. The van der Waals surface area contributed by atoms with Gasteiger partial charge in [-0.2, -0.15) is 0 Å². The van der Waals surface area contributed by atoms with E-state index in [1.54, 1.807) is 16.7 Å². The molecule has 0 aromatic carbocycles. The van der Waals surface area contributed by atoms with E-state index in [2.05, 4.69) is 72.8 Å². The second-order valence-electron chi connectivity index (χ2n) is 13.2. The lowest BCUT2D eigenvalue weighted by molar-refractivity contribution is -0.147. The van der Waals surface area contributed by atoms with E-state index >= 15 is 0 Å². The van der Waals surface area contributed by atoms with Gasteiger partial charge in [0.15, 0.2) is 0 Å². The molecule has 3 amide bonds. The quantitative estimate of drug-likeness (QED) is 0.509. The zero-order valence-electron chi connectivity index (χ0n) is 23.6. The summed E-state index contributed by atoms with van der Waals surface area (Å²) in [5.41, 5.74) is -0.398. The van der Waals surface area contributed by atoms with Gasteiger partial charge in [-0.05, 0) is 45.4 Å². The van der Waals surface area contributed by atoms with E-state index in [1.165, 1.54) is 0 Å². The van der Waals surface area contributed by atoms with Crippen molar-refractivity contribution < 1.29 is 19.5 Å². The molecule has 4 rings (SSSR count). The number of rotatable bonds is 7. The summed E-state index contributed by atoms with van der Waals surface area (Å²) in [5, 5.41) is 9.62. The molecule has 0 aromatic rings. The van der Waals surface area contributed by atoms with Crippen molar-refractivity contribution in [1.29, 1.82) is 0 Å². The van der Waals surface area contributed by atoms with Gasteiger partial charge in [-0.1, -0.05) is 52.0 Å². The molecule has 7 nitrogen and oxygen atoms in total. The Morgan fingerprint density at radius 1 is 0.973 bits per heavy atom. The first kappa shape index (κ1) is 28.2. The highest BCUT2D eigenvalue weighted by Gasteiger charge is 2.74. The Hall–Kier alpha value is -1.80. The Balaban J connectivity index is 1.83. The van der Waals surface area contributed by atoms with Crippen LogP contribution in [0.15, 0.2) is 24.3 Å². The summed E-state index contributed by atoms with van der Waals surface area (Å²) in [6.07, 6.45) is 10.4. The van der Waals surface area contributed by atoms with E-state index in [1.807, 2.05) is 9.80 Å². The topological polar surface area (TPSA) is 81.2 Å². The van der Waals surface area contributed by atoms with Crippen molar-refractivity contribution in [2.75, 3.05) is 32.8 Å². The summed E-state index contributed by atoms with van der Waals surface area (Å²) < 4.78 is -1.41. The number of hydrogen-bond acceptors (Lipinski definition) is 5. The van der Waals surface area contributed by atoms with Crippen molar-refractivity contribution in [3.8, 4) is 0 Å². The van der Waals surface area contributed by atoms with Gasteiger partial charge in [0.2, 0.25) is 17.7 Å². The maximum atomic E-state index is 14.5. The molecule has 0 saturated carbocycles. The fourth-order valence-electron chi connectivity index (χ4n) is 7.46. The molecule has 0 aromatic heterocycles. The molecule has 4 aliphatic heterocycles. The van der Waals surface area contributed by atoms with Crippen molar-refractivity contribution in [3.05, 3.63) is 24.3 Å². The van der Waals surface area contributed by atoms with Gasteiger partial charge >= 0.3 is 0 Å². The van der Waals surface area contributed by atoms with E-state index in [0.29, 0.717) is 32.6 Å². The second-order valence-corrected chi connectivity index (χ2v) is 15.0. The Kier molecular flexibility index (Phi) is 7.43. The van der Waals surface area contributed by atoms with E-state index in [9.17, 15) is 19.5 Å². The van der Waals surface area contributed by atoms with Crippen LogP contribution in [0.4, 0.5) is 0 Å². The molecule has 1 spiro atoms. The average molecular weight is 532 g/mol. The molecule has 4 heterocycles. The number of carbonyl (C=O) groups is 3. The van der Waals surface area contributed by atoms with Gasteiger partial charge in [-0.3, -0.25) is 14.4 Å². The van der Waals surface area contributed by atoms with Crippen LogP contribution in [0.1, 0.15) is 67.7 Å². The highest BCUT2D eigenvalue weighted by Crippen LogP contribution is 2.65. The third-order valence-electron chi connectivity index (χ3n) is 8.38. The van der Waals surface area contributed by atoms with Gasteiger partial charge in [-0.25, -0.2) is 0 Å². The van der Waals surface area contributed by atoms with Crippen LogP contribution in [0.25, 0.3) is 0 Å². The molecule has 4 aliphatic rings. The van der Waals surface area contributed by atoms with E-state index < -0.39 is 32.9 Å². The molecular weight excluding hydrogens is 486 g/mol. The van der Waals surface area contributed by atoms with Crippen molar-refractivity contribution >= 4 is 29.5 Å². The first-order valence-corrected chi connectivity index (χ1v) is 14.6. The predicted molar refractivity (Wildman–Crippen MR) is 148 cm³/mol. The Morgan fingerprint density at radius 2 is 1.65 bits per heavy atom. The van der Waals surface area contributed by atoms with Gasteiger partial charge in [0.1, 0.15) is 6.04 Å². The minimum atomic E-state index is -0.829. The minimum absolute atomic E-state index is 0.00912. The summed E-state index contributed by atoms with van der Waals surface area (Å²) >= 11 is 1.63. The number of aliphatic hydroxyl groups is 1. The normalized spacial score (nSPS) is 34.0. The van der Waals surface area contributed by atoms with Crippen LogP contribution in [0.5, 0.6) is 0 Å². The van der Waals surface area contributed by atoms with Gasteiger partial charge in [0.25, 0.3) is 0 Å². The maximum Gasteiger partial charge on any atom is 0.247 e. The number of aliphatic hydroxyl groups excluding tert-OH is 1. The minimum Gasteiger partial charge on any atom is -0.396 e. The number of amides is 3. The van der Waals surface area contributed by atoms with E-state index in [4.69, 9.17) is 0 Å². The van der Waals surface area contributed by atoms with Crippen LogP contribution < -0.4 is 0 Å². The summed E-state index contributed by atoms with van der Waals surface area (Å²) in [5.74, 6) is -1.33. The van der Waals surface area contributed by atoms with Gasteiger partial charge in [0.05, 0.1) is 16.6 Å². The first-order chi connectivity index (χ1) is 17.2. The van der Waals surface area contributed by atoms with Crippen LogP contribution in [0.3, 0.4) is 0 Å². The fraction of sp³-hybridized carbons (Fsp3) is 0.759. The number of hydrogen-bond donors (Lipinski definition) is 1. The molecule has 2 fully saturated rings. The molecular formula is C29H45N3O4S. The van der Waals surface area contributed by atoms with E-state index in [-0.39, 0.29) is 29.7 Å². The van der Waals surface area contributed by atoms with E-state index in [0.717, 1.165) is 12.8 Å². The van der Waals surface area contributed by atoms with Crippen LogP contribution in [0, 0.1) is 17.3 Å². The maximum absolute atomic E-state index is 14.5. The zero-order valence-corrected chi connectivity index (χ0v) is 24.4. The molecule has 206 valence electrons. The number of carbonyl (C=O) groups excluding carboxylic acids is 3. The molecule has 0 radical (unpaired) electrons. The SMILES string of the molecule is CCCN1CC=C[C@@]2(C)S[C@]34C=CCN(C(C)(C)CC(C)(C)C)C(=O)C3N(CCCO)C(=O)[C@@H]4[C@H]2C1=O. The molecule has 0 aliphatic carbocycles. The summed E-state index contributed by atoms with van der Waals surface area (Å²) in [6.45, 7) is 16.8. The third-order valence-corrected chi connectivity index (χ3v) is 10.2. The average Bonchev–Trinajstić information content (AvgIpc) is 3.03. The van der Waals surface area contributed by atoms with Crippen LogP contribution in [0.2, 0.25) is 0 Å². The molecule has 0 bridgehead atoms. The Morgan fingerprint density at radius 3 is 2.27 bits per heavy atom. The smallest absolute Gasteiger partial charge is 0.247 e. The van der Waals surface area contributed by atoms with Gasteiger partial charge < -0.3 is 19.8 Å². The van der Waals surface area contributed by atoms with Crippen LogP contribution >= 0.6 is 11.8 Å². The Labute approximate surface area is 226 Å². The van der Waals surface area contributed by atoms with Gasteiger partial charge in [-0.15, -0.1) is 11.8 Å². The standard InChI is InChI=1S/C29H45N3O4S/c1-8-14-30-15-9-12-28(7)20(23(30)34)21-24(35)31(16-11-18-33)22-25(36)32(17-10-13-29(21,22)37-28)27(5,6)19-26(2,3)4/h9-10,12-13,20-22,33H,8,11,14-19H2,1-7H3/t20-,21-,22?,28+,29-/m0/s1. The second kappa shape index (κ2) is 9.74. The molecule has 37 heavy (non-hydrogen) atoms. The monoisotopic (exact) mass is 531 g/mol. The number of thioether (sulfide) groups is 1. The molecule has 8 heteroatoms. The van der Waals surface area contributed by atoms with Crippen molar-refractivity contribution in [2.24, 2.45) is 17.3 Å². The summed E-state index contributed by atoms with van der Waals surface area (Å²) in [4.78, 5) is 48.3. The van der Waals surface area contributed by atoms with Crippen molar-refractivity contribution in [3.63, 3.8) is 0 Å². The van der Waals surface area contributed by atoms with Gasteiger partial charge in [0, 0.05) is 43.1 Å². The third kappa shape index (κ3) is 4.66. The summed E-state index contributed by atoms with van der Waals surface area (Å²) in [6, 6.07) is -0.705. The number of fused-ring (bicyclic) bond motifs is 2. The van der Waals surface area contributed by atoms with Crippen LogP contribution in [-0.2, 0) is 14.4 Å². The predicted octanol–water partition coefficient (Wildman–Crippen LogP) is 3.48. The summed E-state index contributed by atoms with van der Waals surface area (Å²) in [7, 11) is 0. The Bertz CT molecular complexity index is 1000. The molecule has 5 atom stereocenters. The van der Waals surface area contributed by atoms with Crippen molar-refractivity contribution in [1.82, 2.24) is 14.7 Å². The lowest BCUT2D eigenvalue weighted by atomic mass is 9.74. The highest BCUT2D eigenvalue weighted by molar-refractivity contribution is 8.02. The first-order valence-electron chi connectivity index (χ1n) is 13.8. The molecule has 1 unspecified atom stereocenters. The lowest BCUT2D eigenvalue weighted by Crippen LogP contribution is -2.58. The lowest BCUT2D eigenvalue weighted by Gasteiger charge is -2.44.